The summed E-state index contributed by atoms with van der Waals surface area (Å²) in [4.78, 5) is 21.7. The second-order valence-corrected chi connectivity index (χ2v) is 4.62. The highest BCUT2D eigenvalue weighted by atomic mass is 79.9. The lowest BCUT2D eigenvalue weighted by Crippen LogP contribution is -2.39. The van der Waals surface area contributed by atoms with Crippen LogP contribution in [0.4, 0.5) is 5.95 Å². The molecule has 0 saturated carbocycles. The van der Waals surface area contributed by atoms with Crippen LogP contribution in [0.1, 0.15) is 13.8 Å². The molecule has 100 valence electrons. The summed E-state index contributed by atoms with van der Waals surface area (Å²) in [5, 5.41) is 2.94. The van der Waals surface area contributed by atoms with E-state index in [0.29, 0.717) is 22.8 Å². The first-order valence-electron chi connectivity index (χ1n) is 5.57. The van der Waals surface area contributed by atoms with E-state index in [4.69, 9.17) is 4.74 Å². The number of anilines is 1. The van der Waals surface area contributed by atoms with E-state index >= 15 is 0 Å². The minimum Gasteiger partial charge on any atom is -0.480 e. The van der Waals surface area contributed by atoms with Gasteiger partial charge < -0.3 is 15.0 Å². The fraction of sp³-hybridized carbons (Fsp3) is 0.545. The van der Waals surface area contributed by atoms with Gasteiger partial charge in [-0.15, -0.1) is 0 Å². The van der Waals surface area contributed by atoms with E-state index in [0.717, 1.165) is 0 Å². The molecule has 18 heavy (non-hydrogen) atoms. The fourth-order valence-corrected chi connectivity index (χ4v) is 1.66. The average Bonchev–Trinajstić information content (AvgIpc) is 2.38. The lowest BCUT2D eigenvalue weighted by molar-refractivity contribution is -0.130. The van der Waals surface area contributed by atoms with Crippen molar-refractivity contribution in [1.82, 2.24) is 14.9 Å². The second-order valence-electron chi connectivity index (χ2n) is 3.77. The molecule has 1 aromatic heterocycles. The molecule has 7 heteroatoms. The van der Waals surface area contributed by atoms with Crippen LogP contribution < -0.4 is 10.1 Å². The third kappa shape index (κ3) is 3.56. The number of hydrogen-bond donors (Lipinski definition) is 1. The molecule has 0 radical (unpaired) electrons. The van der Waals surface area contributed by atoms with E-state index in [-0.39, 0.29) is 11.9 Å². The Labute approximate surface area is 115 Å². The fourth-order valence-electron chi connectivity index (χ4n) is 1.31. The zero-order valence-electron chi connectivity index (χ0n) is 10.9. The number of amides is 1. The molecule has 0 aromatic carbocycles. The number of rotatable bonds is 5. The molecular weight excluding hydrogens is 300 g/mol. The number of ether oxygens (including phenoxy) is 1. The molecule has 0 aliphatic carbocycles. The van der Waals surface area contributed by atoms with Gasteiger partial charge in [-0.3, -0.25) is 4.79 Å². The van der Waals surface area contributed by atoms with Gasteiger partial charge in [-0.2, -0.15) is 4.98 Å². The summed E-state index contributed by atoms with van der Waals surface area (Å²) in [6.45, 7) is 4.35. The Morgan fingerprint density at radius 2 is 2.33 bits per heavy atom. The molecule has 1 aromatic rings. The van der Waals surface area contributed by atoms with Crippen molar-refractivity contribution in [3.05, 3.63) is 10.7 Å². The molecule has 1 N–H and O–H groups in total. The zero-order chi connectivity index (χ0) is 13.7. The molecule has 1 amide bonds. The third-order valence-corrected chi connectivity index (χ3v) is 3.02. The van der Waals surface area contributed by atoms with E-state index in [1.807, 2.05) is 6.92 Å². The Hall–Kier alpha value is -1.37. The minimum atomic E-state index is -0.388. The van der Waals surface area contributed by atoms with Gasteiger partial charge in [-0.1, -0.05) is 0 Å². The molecule has 6 nitrogen and oxygen atoms in total. The first-order chi connectivity index (χ1) is 8.49. The number of halogens is 1. The van der Waals surface area contributed by atoms with Crippen LogP contribution in [-0.2, 0) is 4.79 Å². The molecule has 1 atom stereocenters. The van der Waals surface area contributed by atoms with Crippen LogP contribution in [0.3, 0.4) is 0 Å². The maximum absolute atomic E-state index is 11.9. The maximum Gasteiger partial charge on any atom is 0.244 e. The lowest BCUT2D eigenvalue weighted by Gasteiger charge is -2.20. The monoisotopic (exact) mass is 316 g/mol. The highest BCUT2D eigenvalue weighted by molar-refractivity contribution is 9.10. The summed E-state index contributed by atoms with van der Waals surface area (Å²) in [7, 11) is 3.28. The number of hydrogen-bond acceptors (Lipinski definition) is 5. The van der Waals surface area contributed by atoms with Gasteiger partial charge in [-0.25, -0.2) is 4.98 Å². The Bertz CT molecular complexity index is 428. The van der Waals surface area contributed by atoms with Crippen molar-refractivity contribution in [2.75, 3.05) is 26.0 Å². The van der Waals surface area contributed by atoms with Crippen molar-refractivity contribution < 1.29 is 9.53 Å². The minimum absolute atomic E-state index is 0.0111. The molecule has 0 fully saturated rings. The van der Waals surface area contributed by atoms with E-state index in [9.17, 15) is 4.79 Å². The Morgan fingerprint density at radius 3 is 2.89 bits per heavy atom. The maximum atomic E-state index is 11.9. The van der Waals surface area contributed by atoms with Gasteiger partial charge in [0.05, 0.1) is 17.8 Å². The molecule has 1 heterocycles. The highest BCUT2D eigenvalue weighted by Crippen LogP contribution is 2.22. The summed E-state index contributed by atoms with van der Waals surface area (Å²) >= 11 is 3.27. The predicted octanol–water partition coefficient (Wildman–Crippen LogP) is 1.53. The molecule has 1 unspecified atom stereocenters. The smallest absolute Gasteiger partial charge is 0.244 e. The van der Waals surface area contributed by atoms with E-state index in [1.54, 1.807) is 25.1 Å². The number of aromatic nitrogens is 2. The van der Waals surface area contributed by atoms with Crippen molar-refractivity contribution in [3.63, 3.8) is 0 Å². The molecule has 0 aliphatic heterocycles. The van der Waals surface area contributed by atoms with Crippen LogP contribution in [0.25, 0.3) is 0 Å². The van der Waals surface area contributed by atoms with Crippen LogP contribution in [0, 0.1) is 0 Å². The summed E-state index contributed by atoms with van der Waals surface area (Å²) in [5.41, 5.74) is 0. The zero-order valence-corrected chi connectivity index (χ0v) is 12.5. The number of likely N-dealkylation sites (N-methyl/N-ethyl adjacent to an activating group) is 1. The van der Waals surface area contributed by atoms with Crippen molar-refractivity contribution in [2.45, 2.75) is 19.9 Å². The summed E-state index contributed by atoms with van der Waals surface area (Å²) in [6, 6.07) is -0.388. The summed E-state index contributed by atoms with van der Waals surface area (Å²) in [5.74, 6) is 0.777. The van der Waals surface area contributed by atoms with Crippen LogP contribution >= 0.6 is 15.9 Å². The summed E-state index contributed by atoms with van der Waals surface area (Å²) in [6.07, 6.45) is 1.58. The van der Waals surface area contributed by atoms with Gasteiger partial charge in [0.1, 0.15) is 6.04 Å². The number of carbonyl (C=O) groups excluding carboxylic acids is 1. The Kier molecular flexibility index (Phi) is 5.33. The lowest BCUT2D eigenvalue weighted by atomic mass is 10.3. The van der Waals surface area contributed by atoms with Crippen molar-refractivity contribution in [3.8, 4) is 5.88 Å². The quantitative estimate of drug-likeness (QED) is 0.892. The van der Waals surface area contributed by atoms with Crippen molar-refractivity contribution in [1.29, 1.82) is 0 Å². The standard InChI is InChI=1S/C11H17BrN4O2/c1-5-16(3)10(17)7(2)14-11-13-6-8(12)9(15-11)18-4/h6-7H,5H2,1-4H3,(H,13,14,15). The first-order valence-corrected chi connectivity index (χ1v) is 6.37. The molecule has 0 aliphatic rings. The van der Waals surface area contributed by atoms with Crippen molar-refractivity contribution in [2.24, 2.45) is 0 Å². The largest absolute Gasteiger partial charge is 0.480 e. The molecule has 0 saturated heterocycles. The molecule has 0 spiro atoms. The van der Waals surface area contributed by atoms with Crippen LogP contribution in [0.5, 0.6) is 5.88 Å². The number of methoxy groups -OCH3 is 1. The van der Waals surface area contributed by atoms with Gasteiger partial charge in [0.2, 0.25) is 17.7 Å². The second kappa shape index (κ2) is 6.53. The Balaban J connectivity index is 2.75. The van der Waals surface area contributed by atoms with Crippen LogP contribution in [-0.4, -0.2) is 47.5 Å². The SMILES string of the molecule is CCN(C)C(=O)C(C)Nc1ncc(Br)c(OC)n1. The number of nitrogens with one attached hydrogen (secondary N) is 1. The molecule has 0 bridgehead atoms. The normalized spacial score (nSPS) is 11.8. The summed E-state index contributed by atoms with van der Waals surface area (Å²) < 4.78 is 5.73. The molecule has 1 rings (SSSR count). The van der Waals surface area contributed by atoms with Gasteiger partial charge in [0, 0.05) is 13.6 Å². The predicted molar refractivity (Wildman–Crippen MR) is 72.7 cm³/mol. The van der Waals surface area contributed by atoms with E-state index in [1.165, 1.54) is 7.11 Å². The van der Waals surface area contributed by atoms with E-state index < -0.39 is 0 Å². The number of carbonyl (C=O) groups is 1. The highest BCUT2D eigenvalue weighted by Gasteiger charge is 2.17. The topological polar surface area (TPSA) is 67.4 Å². The van der Waals surface area contributed by atoms with Gasteiger partial charge in [-0.05, 0) is 29.8 Å². The van der Waals surface area contributed by atoms with Crippen LogP contribution in [0.2, 0.25) is 0 Å². The van der Waals surface area contributed by atoms with Crippen molar-refractivity contribution >= 4 is 27.8 Å². The van der Waals surface area contributed by atoms with Gasteiger partial charge in [0.25, 0.3) is 0 Å². The Morgan fingerprint density at radius 1 is 1.67 bits per heavy atom. The molecular formula is C11H17BrN4O2. The van der Waals surface area contributed by atoms with Gasteiger partial charge in [0.15, 0.2) is 0 Å². The van der Waals surface area contributed by atoms with Gasteiger partial charge >= 0.3 is 0 Å². The van der Waals surface area contributed by atoms with Crippen LogP contribution in [0.15, 0.2) is 10.7 Å². The first kappa shape index (κ1) is 14.7. The third-order valence-electron chi connectivity index (χ3n) is 2.47. The average molecular weight is 317 g/mol. The van der Waals surface area contributed by atoms with E-state index in [2.05, 4.69) is 31.2 Å². The number of nitrogens with zero attached hydrogens (tertiary/aromatic N) is 3.